The van der Waals surface area contributed by atoms with Crippen LogP contribution in [0.3, 0.4) is 0 Å². The predicted octanol–water partition coefficient (Wildman–Crippen LogP) is 4.28. The van der Waals surface area contributed by atoms with Crippen LogP contribution in [0.25, 0.3) is 0 Å². The quantitative estimate of drug-likeness (QED) is 0.193. The summed E-state index contributed by atoms with van der Waals surface area (Å²) in [6.45, 7) is 12.1. The number of methoxy groups -OCH3 is 1. The molecule has 5 fully saturated rings. The van der Waals surface area contributed by atoms with Crippen molar-refractivity contribution in [3.8, 4) is 0 Å². The molecule has 0 N–H and O–H groups in total. The van der Waals surface area contributed by atoms with Gasteiger partial charge in [-0.15, -0.1) is 0 Å². The smallest absolute Gasteiger partial charge is 0.347 e. The summed E-state index contributed by atoms with van der Waals surface area (Å²) in [4.78, 5) is 67.4. The molecule has 11 nitrogen and oxygen atoms in total. The number of furan rings is 1. The molecule has 0 unspecified atom stereocenters. The number of carbonyl (C=O) groups is 5. The number of hydrogen-bond acceptors (Lipinski definition) is 11. The van der Waals surface area contributed by atoms with Crippen LogP contribution in [-0.2, 0) is 47.7 Å². The molecular weight excluding hydrogens is 584 g/mol. The van der Waals surface area contributed by atoms with Crippen LogP contribution in [0, 0.1) is 39.9 Å². The van der Waals surface area contributed by atoms with Crippen molar-refractivity contribution in [2.75, 3.05) is 7.11 Å². The average molecular weight is 627 g/mol. The maximum Gasteiger partial charge on any atom is 0.347 e. The van der Waals surface area contributed by atoms with Gasteiger partial charge in [-0.05, 0) is 32.8 Å². The molecule has 45 heavy (non-hydrogen) atoms. The molecule has 2 bridgehead atoms. The van der Waals surface area contributed by atoms with Gasteiger partial charge in [0.15, 0.2) is 0 Å². The number of ketones is 1. The first-order valence-electron chi connectivity index (χ1n) is 15.6. The van der Waals surface area contributed by atoms with E-state index in [1.54, 1.807) is 38.5 Å². The predicted molar refractivity (Wildman–Crippen MR) is 155 cm³/mol. The molecule has 0 amide bonds. The fraction of sp³-hybridized carbons (Fsp3) is 0.676. The highest BCUT2D eigenvalue weighted by Gasteiger charge is 2.87. The number of fused-ring (bicyclic) bond motifs is 5. The molecule has 6 rings (SSSR count). The van der Waals surface area contributed by atoms with Crippen molar-refractivity contribution in [1.29, 1.82) is 0 Å². The summed E-state index contributed by atoms with van der Waals surface area (Å²) in [5.74, 6) is -5.33. The van der Waals surface area contributed by atoms with Crippen LogP contribution in [-0.4, -0.2) is 60.7 Å². The lowest BCUT2D eigenvalue weighted by Crippen LogP contribution is -2.74. The highest BCUT2D eigenvalue weighted by atomic mass is 16.6. The molecule has 244 valence electrons. The van der Waals surface area contributed by atoms with Gasteiger partial charge in [-0.1, -0.05) is 33.8 Å². The zero-order chi connectivity index (χ0) is 32.9. The SMILES string of the molecule is CC=C(C)C(=O)O[C@@H]1[C@@H]2C(=O)[C@](C)([C@H]3CC[C@]4(C)[C@@H](CC(=O)O[C@H]4c4ccoc4)[C@]34O[C@H]24)[C@@H]([C@@H](OC(C)=O)C(=O)OC)C1(C)C. The van der Waals surface area contributed by atoms with Crippen molar-refractivity contribution in [1.82, 2.24) is 0 Å². The summed E-state index contributed by atoms with van der Waals surface area (Å²) in [5, 5.41) is 0. The van der Waals surface area contributed by atoms with E-state index in [-0.39, 0.29) is 24.1 Å². The zero-order valence-electron chi connectivity index (χ0n) is 27.0. The van der Waals surface area contributed by atoms with Gasteiger partial charge in [-0.3, -0.25) is 14.4 Å². The Bertz CT molecular complexity index is 1470. The molecule has 3 heterocycles. The van der Waals surface area contributed by atoms with Crippen molar-refractivity contribution in [3.63, 3.8) is 0 Å². The molecule has 0 aromatic carbocycles. The number of allylic oxidation sites excluding steroid dienone is 1. The molecule has 1 spiro atoms. The Morgan fingerprint density at radius 1 is 1.09 bits per heavy atom. The summed E-state index contributed by atoms with van der Waals surface area (Å²) in [6, 6.07) is 1.79. The van der Waals surface area contributed by atoms with Crippen LogP contribution in [0.5, 0.6) is 0 Å². The molecule has 3 aliphatic carbocycles. The number of carbonyl (C=O) groups excluding carboxylic acids is 5. The molecule has 1 aromatic heterocycles. The normalized spacial score (nSPS) is 41.8. The zero-order valence-corrected chi connectivity index (χ0v) is 27.0. The van der Waals surface area contributed by atoms with E-state index in [4.69, 9.17) is 28.1 Å². The Labute approximate surface area is 262 Å². The Morgan fingerprint density at radius 2 is 1.80 bits per heavy atom. The minimum atomic E-state index is -1.46. The molecule has 11 heteroatoms. The van der Waals surface area contributed by atoms with Gasteiger partial charge in [-0.25, -0.2) is 9.59 Å². The fourth-order valence-corrected chi connectivity index (χ4v) is 10.1. The largest absolute Gasteiger partial charge is 0.472 e. The standard InChI is InChI=1S/C34H42O11/c1-9-16(2)29(38)44-27-22-25(37)33(7,24(31(27,4)5)23(30(39)40-8)42-17(3)35)19-10-12-32(6)20(34(19)28(22)45-34)14-21(36)43-26(32)18-11-13-41-15-18/h9,11,13,15,19-20,22-24,26-28H,10,12,14H2,1-8H3/t19-,20-,22+,23-,24+,26+,27-,28-,32-,33-,34-/m1/s1. The van der Waals surface area contributed by atoms with E-state index in [9.17, 15) is 24.0 Å². The topological polar surface area (TPSA) is 148 Å². The molecule has 2 saturated heterocycles. The molecule has 11 atom stereocenters. The number of hydrogen-bond donors (Lipinski definition) is 0. The first-order chi connectivity index (χ1) is 21.1. The van der Waals surface area contributed by atoms with Gasteiger partial charge in [0.2, 0.25) is 6.10 Å². The monoisotopic (exact) mass is 626 g/mol. The van der Waals surface area contributed by atoms with Gasteiger partial charge >= 0.3 is 23.9 Å². The van der Waals surface area contributed by atoms with Gasteiger partial charge in [0, 0.05) is 52.1 Å². The summed E-state index contributed by atoms with van der Waals surface area (Å²) in [5.41, 5.74) is -2.75. The third kappa shape index (κ3) is 4.14. The summed E-state index contributed by atoms with van der Waals surface area (Å²) in [7, 11) is 1.20. The average Bonchev–Trinajstić information content (AvgIpc) is 3.43. The number of cyclic esters (lactones) is 1. The molecule has 1 aromatic rings. The van der Waals surface area contributed by atoms with Crippen LogP contribution in [0.15, 0.2) is 34.7 Å². The number of Topliss-reactive ketones (excluding diaryl/α,β-unsaturated/α-hetero) is 1. The van der Waals surface area contributed by atoms with Crippen molar-refractivity contribution < 1.29 is 52.1 Å². The maximum atomic E-state index is 14.9. The summed E-state index contributed by atoms with van der Waals surface area (Å²) < 4.78 is 35.1. The number of epoxide rings is 1. The van der Waals surface area contributed by atoms with E-state index >= 15 is 0 Å². The Balaban J connectivity index is 1.54. The minimum absolute atomic E-state index is 0.0788. The summed E-state index contributed by atoms with van der Waals surface area (Å²) >= 11 is 0. The van der Waals surface area contributed by atoms with E-state index in [0.29, 0.717) is 18.4 Å². The Kier molecular flexibility index (Phi) is 7.19. The van der Waals surface area contributed by atoms with Crippen LogP contribution < -0.4 is 0 Å². The highest BCUT2D eigenvalue weighted by molar-refractivity contribution is 5.95. The lowest BCUT2D eigenvalue weighted by atomic mass is 9.37. The van der Waals surface area contributed by atoms with E-state index in [0.717, 1.165) is 5.56 Å². The molecule has 2 aliphatic heterocycles. The first-order valence-corrected chi connectivity index (χ1v) is 15.6. The first kappa shape index (κ1) is 31.5. The Hall–Kier alpha value is -3.47. The van der Waals surface area contributed by atoms with E-state index in [1.807, 2.05) is 20.8 Å². The van der Waals surface area contributed by atoms with Crippen LogP contribution in [0.2, 0.25) is 0 Å². The maximum absolute atomic E-state index is 14.9. The number of esters is 4. The van der Waals surface area contributed by atoms with Gasteiger partial charge < -0.3 is 28.1 Å². The van der Waals surface area contributed by atoms with Crippen molar-refractivity contribution >= 4 is 29.7 Å². The third-order valence-electron chi connectivity index (χ3n) is 12.0. The second-order valence-corrected chi connectivity index (χ2v) is 14.5. The van der Waals surface area contributed by atoms with Crippen molar-refractivity contribution in [2.24, 2.45) is 39.9 Å². The lowest BCUT2D eigenvalue weighted by Gasteiger charge is -2.65. The van der Waals surface area contributed by atoms with Crippen molar-refractivity contribution in [2.45, 2.75) is 97.7 Å². The lowest BCUT2D eigenvalue weighted by molar-refractivity contribution is -0.234. The van der Waals surface area contributed by atoms with Crippen LogP contribution >= 0.6 is 0 Å². The highest BCUT2D eigenvalue weighted by Crippen LogP contribution is 2.77. The second-order valence-electron chi connectivity index (χ2n) is 14.5. The van der Waals surface area contributed by atoms with Crippen LogP contribution in [0.4, 0.5) is 0 Å². The molecule has 5 aliphatic rings. The van der Waals surface area contributed by atoms with Crippen molar-refractivity contribution in [3.05, 3.63) is 35.8 Å². The fourth-order valence-electron chi connectivity index (χ4n) is 10.1. The Morgan fingerprint density at radius 3 is 2.40 bits per heavy atom. The van der Waals surface area contributed by atoms with E-state index in [1.165, 1.54) is 14.0 Å². The van der Waals surface area contributed by atoms with E-state index < -0.39 is 81.9 Å². The minimum Gasteiger partial charge on any atom is -0.472 e. The second kappa shape index (κ2) is 10.3. The summed E-state index contributed by atoms with van der Waals surface area (Å²) in [6.07, 6.45) is 2.24. The third-order valence-corrected chi connectivity index (χ3v) is 12.0. The van der Waals surface area contributed by atoms with Crippen LogP contribution in [0.1, 0.15) is 79.4 Å². The molecule has 0 radical (unpaired) electrons. The molecular formula is C34H42O11. The van der Waals surface area contributed by atoms with Gasteiger partial charge in [0.25, 0.3) is 0 Å². The van der Waals surface area contributed by atoms with Gasteiger partial charge in [0.05, 0.1) is 32.0 Å². The number of rotatable bonds is 6. The number of ether oxygens (including phenoxy) is 5. The van der Waals surface area contributed by atoms with E-state index in [2.05, 4.69) is 6.92 Å². The van der Waals surface area contributed by atoms with Gasteiger partial charge in [-0.2, -0.15) is 0 Å². The molecule has 3 saturated carbocycles. The van der Waals surface area contributed by atoms with Gasteiger partial charge in [0.1, 0.15) is 29.7 Å².